The molecule has 6 nitrogen and oxygen atoms in total. The molecule has 1 aromatic rings. The highest BCUT2D eigenvalue weighted by molar-refractivity contribution is 9.09. The van der Waals surface area contributed by atoms with Gasteiger partial charge in [0.05, 0.1) is 6.42 Å². The third-order valence-electron chi connectivity index (χ3n) is 2.26. The van der Waals surface area contributed by atoms with E-state index in [9.17, 15) is 14.4 Å². The number of carbonyl (C=O) groups is 3. The van der Waals surface area contributed by atoms with Crippen LogP contribution in [0.5, 0.6) is 0 Å². The topological polar surface area (TPSA) is 95.7 Å². The van der Waals surface area contributed by atoms with Gasteiger partial charge in [-0.3, -0.25) is 9.59 Å². The van der Waals surface area contributed by atoms with Gasteiger partial charge in [0, 0.05) is 0 Å². The fourth-order valence-electron chi connectivity index (χ4n) is 1.28. The van der Waals surface area contributed by atoms with Crippen molar-refractivity contribution in [1.29, 1.82) is 0 Å². The Hall–Kier alpha value is -1.73. The zero-order valence-corrected chi connectivity index (χ0v) is 12.2. The van der Waals surface area contributed by atoms with Gasteiger partial charge in [0.1, 0.15) is 18.0 Å². The second kappa shape index (κ2) is 8.44. The highest BCUT2D eigenvalue weighted by atomic mass is 79.9. The lowest BCUT2D eigenvalue weighted by Gasteiger charge is -2.09. The van der Waals surface area contributed by atoms with E-state index in [0.29, 0.717) is 0 Å². The summed E-state index contributed by atoms with van der Waals surface area (Å²) < 4.78 is 9.33. The molecular formula is C13H14BrNO5. The standard InChI is InChI=1S/C13H14BrNO5/c14-7-12(17)20-13(18)10(15)6-11(16)19-8-9-4-2-1-3-5-9/h1-5,10H,6-8,15H2/t10-/m0/s1. The van der Waals surface area contributed by atoms with E-state index in [-0.39, 0.29) is 18.4 Å². The monoisotopic (exact) mass is 343 g/mol. The van der Waals surface area contributed by atoms with E-state index in [1.54, 1.807) is 12.1 Å². The van der Waals surface area contributed by atoms with Crippen LogP contribution in [0.2, 0.25) is 0 Å². The zero-order valence-electron chi connectivity index (χ0n) is 10.6. The summed E-state index contributed by atoms with van der Waals surface area (Å²) in [5.41, 5.74) is 6.27. The summed E-state index contributed by atoms with van der Waals surface area (Å²) in [7, 11) is 0. The summed E-state index contributed by atoms with van der Waals surface area (Å²) in [6.07, 6.45) is -0.346. The lowest BCUT2D eigenvalue weighted by Crippen LogP contribution is -2.36. The maximum Gasteiger partial charge on any atom is 0.331 e. The van der Waals surface area contributed by atoms with Crippen LogP contribution in [0.1, 0.15) is 12.0 Å². The van der Waals surface area contributed by atoms with Crippen molar-refractivity contribution in [2.75, 3.05) is 5.33 Å². The molecule has 0 radical (unpaired) electrons. The minimum atomic E-state index is -1.22. The lowest BCUT2D eigenvalue weighted by molar-refractivity contribution is -0.161. The van der Waals surface area contributed by atoms with Gasteiger partial charge in [0.2, 0.25) is 0 Å². The van der Waals surface area contributed by atoms with E-state index in [0.717, 1.165) is 5.56 Å². The highest BCUT2D eigenvalue weighted by Crippen LogP contribution is 2.03. The van der Waals surface area contributed by atoms with Crippen LogP contribution < -0.4 is 5.73 Å². The van der Waals surface area contributed by atoms with Crippen molar-refractivity contribution in [1.82, 2.24) is 0 Å². The van der Waals surface area contributed by atoms with Gasteiger partial charge in [0.25, 0.3) is 0 Å². The van der Waals surface area contributed by atoms with Crippen LogP contribution in [0.25, 0.3) is 0 Å². The molecule has 0 saturated carbocycles. The van der Waals surface area contributed by atoms with E-state index >= 15 is 0 Å². The summed E-state index contributed by atoms with van der Waals surface area (Å²) in [6.45, 7) is 0.0990. The molecule has 0 aliphatic heterocycles. The maximum atomic E-state index is 11.5. The van der Waals surface area contributed by atoms with Crippen molar-refractivity contribution < 1.29 is 23.9 Å². The summed E-state index contributed by atoms with van der Waals surface area (Å²) in [5.74, 6) is -2.35. The number of ether oxygens (including phenoxy) is 2. The molecule has 0 fully saturated rings. The molecule has 108 valence electrons. The first-order valence-corrected chi connectivity index (χ1v) is 6.90. The minimum Gasteiger partial charge on any atom is -0.461 e. The second-order valence-electron chi connectivity index (χ2n) is 3.88. The fourth-order valence-corrected chi connectivity index (χ4v) is 1.39. The maximum absolute atomic E-state index is 11.5. The number of esters is 3. The minimum absolute atomic E-state index is 0.0990. The van der Waals surface area contributed by atoms with Crippen molar-refractivity contribution in [2.24, 2.45) is 5.73 Å². The third-order valence-corrected chi connectivity index (χ3v) is 2.71. The number of alkyl halides is 1. The average molecular weight is 344 g/mol. The molecule has 0 spiro atoms. The molecule has 0 bridgehead atoms. The first-order valence-electron chi connectivity index (χ1n) is 5.78. The number of rotatable bonds is 6. The molecule has 0 aliphatic carbocycles. The van der Waals surface area contributed by atoms with Crippen molar-refractivity contribution in [2.45, 2.75) is 19.1 Å². The number of hydrogen-bond donors (Lipinski definition) is 1. The Bertz CT molecular complexity index is 477. The van der Waals surface area contributed by atoms with Gasteiger partial charge in [-0.2, -0.15) is 0 Å². The van der Waals surface area contributed by atoms with Gasteiger partial charge >= 0.3 is 17.9 Å². The molecule has 0 heterocycles. The number of nitrogens with two attached hydrogens (primary N) is 1. The van der Waals surface area contributed by atoms with E-state index in [4.69, 9.17) is 10.5 Å². The van der Waals surface area contributed by atoms with Crippen LogP contribution >= 0.6 is 15.9 Å². The third kappa shape index (κ3) is 5.94. The Morgan fingerprint density at radius 2 is 1.80 bits per heavy atom. The molecule has 0 saturated heterocycles. The van der Waals surface area contributed by atoms with Gasteiger partial charge in [-0.15, -0.1) is 0 Å². The van der Waals surface area contributed by atoms with E-state index < -0.39 is 23.9 Å². The Morgan fingerprint density at radius 1 is 1.15 bits per heavy atom. The van der Waals surface area contributed by atoms with Crippen LogP contribution in [0.3, 0.4) is 0 Å². The molecule has 1 atom stereocenters. The predicted molar refractivity (Wildman–Crippen MR) is 73.7 cm³/mol. The molecule has 0 aliphatic rings. The van der Waals surface area contributed by atoms with Gasteiger partial charge < -0.3 is 15.2 Å². The van der Waals surface area contributed by atoms with Crippen molar-refractivity contribution >= 4 is 33.8 Å². The van der Waals surface area contributed by atoms with Crippen LogP contribution in [-0.2, 0) is 30.5 Å². The smallest absolute Gasteiger partial charge is 0.331 e. The van der Waals surface area contributed by atoms with Gasteiger partial charge in [-0.05, 0) is 5.56 Å². The molecule has 2 N–H and O–H groups in total. The Labute approximate surface area is 124 Å². The molecule has 1 aromatic carbocycles. The lowest BCUT2D eigenvalue weighted by atomic mass is 10.2. The van der Waals surface area contributed by atoms with Gasteiger partial charge in [0.15, 0.2) is 0 Å². The number of hydrogen-bond acceptors (Lipinski definition) is 6. The quantitative estimate of drug-likeness (QED) is 0.468. The van der Waals surface area contributed by atoms with Crippen LogP contribution in [0.15, 0.2) is 30.3 Å². The molecular weight excluding hydrogens is 330 g/mol. The Kier molecular flexibility index (Phi) is 6.89. The average Bonchev–Trinajstić information content (AvgIpc) is 2.45. The zero-order chi connectivity index (χ0) is 15.0. The summed E-state index contributed by atoms with van der Waals surface area (Å²) >= 11 is 2.83. The number of carbonyl (C=O) groups excluding carboxylic acids is 3. The summed E-state index contributed by atoms with van der Waals surface area (Å²) in [6, 6.07) is 7.86. The van der Waals surface area contributed by atoms with E-state index in [1.165, 1.54) is 0 Å². The first-order chi connectivity index (χ1) is 9.52. The molecule has 0 amide bonds. The fraction of sp³-hybridized carbons (Fsp3) is 0.308. The molecule has 7 heteroatoms. The van der Waals surface area contributed by atoms with Crippen molar-refractivity contribution in [3.05, 3.63) is 35.9 Å². The normalized spacial score (nSPS) is 11.5. The highest BCUT2D eigenvalue weighted by Gasteiger charge is 2.22. The Balaban J connectivity index is 2.34. The molecule has 0 unspecified atom stereocenters. The summed E-state index contributed by atoms with van der Waals surface area (Å²) in [5, 5.41) is -0.121. The van der Waals surface area contributed by atoms with Crippen molar-refractivity contribution in [3.8, 4) is 0 Å². The van der Waals surface area contributed by atoms with E-state index in [2.05, 4.69) is 20.7 Å². The molecule has 20 heavy (non-hydrogen) atoms. The SMILES string of the molecule is N[C@@H](CC(=O)OCc1ccccc1)C(=O)OC(=O)CBr. The van der Waals surface area contributed by atoms with E-state index in [1.807, 2.05) is 18.2 Å². The Morgan fingerprint density at radius 3 is 2.40 bits per heavy atom. The largest absolute Gasteiger partial charge is 0.461 e. The number of benzene rings is 1. The van der Waals surface area contributed by atoms with Crippen LogP contribution in [0, 0.1) is 0 Å². The van der Waals surface area contributed by atoms with Crippen LogP contribution in [-0.4, -0.2) is 29.3 Å². The van der Waals surface area contributed by atoms with Gasteiger partial charge in [-0.25, -0.2) is 4.79 Å². The predicted octanol–water partition coefficient (Wildman–Crippen LogP) is 0.912. The second-order valence-corrected chi connectivity index (χ2v) is 4.44. The van der Waals surface area contributed by atoms with Crippen LogP contribution in [0.4, 0.5) is 0 Å². The number of halogens is 1. The first kappa shape index (κ1) is 16.3. The summed E-state index contributed by atoms with van der Waals surface area (Å²) in [4.78, 5) is 33.7. The van der Waals surface area contributed by atoms with Gasteiger partial charge in [-0.1, -0.05) is 46.3 Å². The van der Waals surface area contributed by atoms with Crippen molar-refractivity contribution in [3.63, 3.8) is 0 Å². The molecule has 0 aromatic heterocycles. The molecule has 1 rings (SSSR count).